The molecule has 0 aliphatic heterocycles. The van der Waals surface area contributed by atoms with Gasteiger partial charge in [0.1, 0.15) is 0 Å². The summed E-state index contributed by atoms with van der Waals surface area (Å²) in [6, 6.07) is 7.69. The fourth-order valence-electron chi connectivity index (χ4n) is 1.63. The summed E-state index contributed by atoms with van der Waals surface area (Å²) in [4.78, 5) is 13.6. The van der Waals surface area contributed by atoms with E-state index in [1.807, 2.05) is 43.0 Å². The zero-order valence-electron chi connectivity index (χ0n) is 10.1. The number of rotatable bonds is 5. The molecule has 0 radical (unpaired) electrons. The van der Waals surface area contributed by atoms with Gasteiger partial charge < -0.3 is 10.6 Å². The number of anilines is 1. The van der Waals surface area contributed by atoms with Crippen molar-refractivity contribution in [1.29, 1.82) is 0 Å². The molecular formula is C13H20N2O. The van der Waals surface area contributed by atoms with Gasteiger partial charge in [-0.1, -0.05) is 25.1 Å². The van der Waals surface area contributed by atoms with Gasteiger partial charge in [-0.3, -0.25) is 4.79 Å². The summed E-state index contributed by atoms with van der Waals surface area (Å²) < 4.78 is 0. The first-order valence-electron chi connectivity index (χ1n) is 5.80. The Morgan fingerprint density at radius 2 is 2.00 bits per heavy atom. The number of hydrogen-bond donors (Lipinski definition) is 1. The topological polar surface area (TPSA) is 46.3 Å². The number of para-hydroxylation sites is 1. The molecule has 0 aliphatic rings. The monoisotopic (exact) mass is 220 g/mol. The number of hydrogen-bond acceptors (Lipinski definition) is 2. The second kappa shape index (κ2) is 6.16. The van der Waals surface area contributed by atoms with Crippen LogP contribution in [-0.2, 0) is 11.3 Å². The smallest absolute Gasteiger partial charge is 0.222 e. The molecule has 1 aromatic carbocycles. The van der Waals surface area contributed by atoms with E-state index in [0.29, 0.717) is 13.0 Å². The van der Waals surface area contributed by atoms with Gasteiger partial charge in [0.2, 0.25) is 5.91 Å². The van der Waals surface area contributed by atoms with Crippen LogP contribution in [0.4, 0.5) is 5.69 Å². The van der Waals surface area contributed by atoms with Crippen molar-refractivity contribution in [1.82, 2.24) is 4.90 Å². The Labute approximate surface area is 97.2 Å². The highest BCUT2D eigenvalue weighted by Crippen LogP contribution is 2.14. The maximum atomic E-state index is 11.8. The normalized spacial score (nSPS) is 10.1. The number of benzene rings is 1. The van der Waals surface area contributed by atoms with Crippen LogP contribution in [0.5, 0.6) is 0 Å². The number of nitrogen functional groups attached to an aromatic ring is 1. The van der Waals surface area contributed by atoms with E-state index in [1.165, 1.54) is 0 Å². The quantitative estimate of drug-likeness (QED) is 0.775. The minimum absolute atomic E-state index is 0.202. The molecule has 0 unspecified atom stereocenters. The molecule has 0 saturated carbocycles. The number of carbonyl (C=O) groups is 1. The third kappa shape index (κ3) is 3.26. The lowest BCUT2D eigenvalue weighted by Crippen LogP contribution is -2.30. The van der Waals surface area contributed by atoms with Crippen LogP contribution in [0, 0.1) is 0 Å². The summed E-state index contributed by atoms with van der Waals surface area (Å²) in [6.07, 6.45) is 1.50. The molecule has 2 N–H and O–H groups in total. The van der Waals surface area contributed by atoms with Crippen LogP contribution < -0.4 is 5.73 Å². The number of nitrogens with zero attached hydrogens (tertiary/aromatic N) is 1. The molecule has 3 heteroatoms. The van der Waals surface area contributed by atoms with E-state index in [-0.39, 0.29) is 5.91 Å². The van der Waals surface area contributed by atoms with Gasteiger partial charge in [0, 0.05) is 25.2 Å². The van der Waals surface area contributed by atoms with Crippen molar-refractivity contribution in [3.05, 3.63) is 29.8 Å². The van der Waals surface area contributed by atoms with Gasteiger partial charge in [-0.15, -0.1) is 0 Å². The van der Waals surface area contributed by atoms with E-state index in [9.17, 15) is 4.79 Å². The molecule has 88 valence electrons. The van der Waals surface area contributed by atoms with Crippen LogP contribution in [0.1, 0.15) is 32.3 Å². The molecule has 16 heavy (non-hydrogen) atoms. The van der Waals surface area contributed by atoms with Gasteiger partial charge >= 0.3 is 0 Å². The average molecular weight is 220 g/mol. The molecule has 1 aromatic rings. The van der Waals surface area contributed by atoms with Crippen LogP contribution in [0.2, 0.25) is 0 Å². The lowest BCUT2D eigenvalue weighted by atomic mass is 10.1. The van der Waals surface area contributed by atoms with Crippen LogP contribution in [0.25, 0.3) is 0 Å². The van der Waals surface area contributed by atoms with Crippen molar-refractivity contribution in [3.8, 4) is 0 Å². The zero-order chi connectivity index (χ0) is 12.0. The van der Waals surface area contributed by atoms with E-state index in [4.69, 9.17) is 5.73 Å². The van der Waals surface area contributed by atoms with Crippen molar-refractivity contribution in [2.75, 3.05) is 12.3 Å². The molecule has 1 rings (SSSR count). The second-order valence-electron chi connectivity index (χ2n) is 3.86. The lowest BCUT2D eigenvalue weighted by molar-refractivity contribution is -0.131. The average Bonchev–Trinajstić information content (AvgIpc) is 2.28. The summed E-state index contributed by atoms with van der Waals surface area (Å²) in [5.41, 5.74) is 7.64. The summed E-state index contributed by atoms with van der Waals surface area (Å²) in [7, 11) is 0. The Balaban J connectivity index is 2.70. The molecule has 0 aromatic heterocycles. The number of carbonyl (C=O) groups excluding carboxylic acids is 1. The first-order chi connectivity index (χ1) is 7.69. The van der Waals surface area contributed by atoms with Crippen molar-refractivity contribution in [3.63, 3.8) is 0 Å². The molecule has 0 atom stereocenters. The Bertz CT molecular complexity index is 350. The summed E-state index contributed by atoms with van der Waals surface area (Å²) in [5.74, 6) is 0.202. The molecule has 1 amide bonds. The Kier molecular flexibility index (Phi) is 4.83. The van der Waals surface area contributed by atoms with Crippen LogP contribution >= 0.6 is 0 Å². The Morgan fingerprint density at radius 1 is 1.31 bits per heavy atom. The van der Waals surface area contributed by atoms with Gasteiger partial charge in [-0.2, -0.15) is 0 Å². The molecule has 0 bridgehead atoms. The fourth-order valence-corrected chi connectivity index (χ4v) is 1.63. The Morgan fingerprint density at radius 3 is 2.56 bits per heavy atom. The van der Waals surface area contributed by atoms with E-state index in [2.05, 4.69) is 0 Å². The molecule has 0 saturated heterocycles. The highest BCUT2D eigenvalue weighted by Gasteiger charge is 2.11. The van der Waals surface area contributed by atoms with Gasteiger partial charge in [-0.25, -0.2) is 0 Å². The molecule has 3 nitrogen and oxygen atoms in total. The van der Waals surface area contributed by atoms with Crippen LogP contribution in [0.3, 0.4) is 0 Å². The van der Waals surface area contributed by atoms with E-state index < -0.39 is 0 Å². The van der Waals surface area contributed by atoms with E-state index in [1.54, 1.807) is 0 Å². The maximum absolute atomic E-state index is 11.8. The molecule has 0 fully saturated rings. The summed E-state index contributed by atoms with van der Waals surface area (Å²) in [5, 5.41) is 0. The lowest BCUT2D eigenvalue weighted by Gasteiger charge is -2.21. The first kappa shape index (κ1) is 12.6. The van der Waals surface area contributed by atoms with Crippen molar-refractivity contribution >= 4 is 11.6 Å². The van der Waals surface area contributed by atoms with Crippen LogP contribution in [0.15, 0.2) is 24.3 Å². The summed E-state index contributed by atoms with van der Waals surface area (Å²) >= 11 is 0. The predicted octanol–water partition coefficient (Wildman–Crippen LogP) is 2.42. The third-order valence-electron chi connectivity index (χ3n) is 2.61. The zero-order valence-corrected chi connectivity index (χ0v) is 10.1. The van der Waals surface area contributed by atoms with E-state index >= 15 is 0 Å². The van der Waals surface area contributed by atoms with E-state index in [0.717, 1.165) is 24.2 Å². The highest BCUT2D eigenvalue weighted by molar-refractivity contribution is 5.76. The van der Waals surface area contributed by atoms with Crippen molar-refractivity contribution in [2.24, 2.45) is 0 Å². The van der Waals surface area contributed by atoms with Crippen molar-refractivity contribution < 1.29 is 4.79 Å². The molecule has 0 aliphatic carbocycles. The third-order valence-corrected chi connectivity index (χ3v) is 2.61. The van der Waals surface area contributed by atoms with Gasteiger partial charge in [0.25, 0.3) is 0 Å². The molecule has 0 heterocycles. The maximum Gasteiger partial charge on any atom is 0.222 e. The minimum atomic E-state index is 0.202. The SMILES string of the molecule is CCCC(=O)N(CC)Cc1ccccc1N. The van der Waals surface area contributed by atoms with Crippen molar-refractivity contribution in [2.45, 2.75) is 33.2 Å². The Hall–Kier alpha value is -1.51. The second-order valence-corrected chi connectivity index (χ2v) is 3.86. The minimum Gasteiger partial charge on any atom is -0.398 e. The fraction of sp³-hybridized carbons (Fsp3) is 0.462. The van der Waals surface area contributed by atoms with Gasteiger partial charge in [-0.05, 0) is 25.0 Å². The summed E-state index contributed by atoms with van der Waals surface area (Å²) in [6.45, 7) is 5.35. The molecular weight excluding hydrogens is 200 g/mol. The van der Waals surface area contributed by atoms with Gasteiger partial charge in [0.05, 0.1) is 0 Å². The van der Waals surface area contributed by atoms with Gasteiger partial charge in [0.15, 0.2) is 0 Å². The van der Waals surface area contributed by atoms with Crippen LogP contribution in [-0.4, -0.2) is 17.4 Å². The first-order valence-corrected chi connectivity index (χ1v) is 5.80. The number of amides is 1. The standard InChI is InChI=1S/C13H20N2O/c1-3-7-13(16)15(4-2)10-11-8-5-6-9-12(11)14/h5-6,8-9H,3-4,7,10,14H2,1-2H3. The predicted molar refractivity (Wildman–Crippen MR) is 66.9 cm³/mol. The highest BCUT2D eigenvalue weighted by atomic mass is 16.2. The molecule has 0 spiro atoms. The largest absolute Gasteiger partial charge is 0.398 e. The number of nitrogens with two attached hydrogens (primary N) is 1.